The maximum absolute atomic E-state index is 12.8. The highest BCUT2D eigenvalue weighted by Crippen LogP contribution is 2.29. The molecule has 1 saturated heterocycles. The largest absolute Gasteiger partial charge is 0.496 e. The fourth-order valence-corrected chi connectivity index (χ4v) is 4.94. The molecule has 1 atom stereocenters. The zero-order valence-corrected chi connectivity index (χ0v) is 22.9. The molecule has 10 nitrogen and oxygen atoms in total. The minimum Gasteiger partial charge on any atom is -0.496 e. The number of nitrogens with one attached hydrogen (secondary N) is 3. The van der Waals surface area contributed by atoms with Crippen LogP contribution in [0.4, 0.5) is 17.3 Å². The summed E-state index contributed by atoms with van der Waals surface area (Å²) >= 11 is 0. The molecular weight excluding hydrogens is 494 g/mol. The summed E-state index contributed by atoms with van der Waals surface area (Å²) in [6.07, 6.45) is 1.77. The first-order chi connectivity index (χ1) is 19.0. The number of morpholine rings is 1. The molecule has 1 amide bonds. The van der Waals surface area contributed by atoms with E-state index in [0.717, 1.165) is 52.6 Å². The van der Waals surface area contributed by atoms with Crippen molar-refractivity contribution in [2.75, 3.05) is 63.8 Å². The predicted molar refractivity (Wildman–Crippen MR) is 152 cm³/mol. The van der Waals surface area contributed by atoms with E-state index < -0.39 is 0 Å². The molecule has 0 aliphatic carbocycles. The van der Waals surface area contributed by atoms with Crippen molar-refractivity contribution in [3.63, 3.8) is 0 Å². The average molecular weight is 532 g/mol. The number of hydrogen-bond donors (Lipinski definition) is 3. The van der Waals surface area contributed by atoms with Gasteiger partial charge in [0.2, 0.25) is 11.9 Å². The summed E-state index contributed by atoms with van der Waals surface area (Å²) in [6.45, 7) is 7.44. The second-order valence-corrected chi connectivity index (χ2v) is 9.99. The molecule has 5 rings (SSSR count). The third-order valence-corrected chi connectivity index (χ3v) is 7.14. The summed E-state index contributed by atoms with van der Waals surface area (Å²) in [4.78, 5) is 26.6. The molecule has 0 spiro atoms. The number of nitrogens with zero attached hydrogens (tertiary/aromatic N) is 4. The molecular formula is C29H37N7O3. The lowest BCUT2D eigenvalue weighted by Gasteiger charge is -2.31. The van der Waals surface area contributed by atoms with Crippen molar-refractivity contribution in [2.24, 2.45) is 0 Å². The number of likely N-dealkylation sites (N-methyl/N-ethyl adjacent to an activating group) is 1. The van der Waals surface area contributed by atoms with Gasteiger partial charge in [-0.2, -0.15) is 0 Å². The molecule has 2 aromatic carbocycles. The Hall–Kier alpha value is -3.73. The summed E-state index contributed by atoms with van der Waals surface area (Å²) in [5.74, 6) is 1.32. The molecule has 39 heavy (non-hydrogen) atoms. The van der Waals surface area contributed by atoms with Crippen molar-refractivity contribution in [3.8, 4) is 17.0 Å². The Kier molecular flexibility index (Phi) is 8.55. The van der Waals surface area contributed by atoms with Crippen LogP contribution in [0.3, 0.4) is 0 Å². The highest BCUT2D eigenvalue weighted by molar-refractivity contribution is 5.81. The van der Waals surface area contributed by atoms with Gasteiger partial charge in [0.05, 0.1) is 32.1 Å². The minimum atomic E-state index is -0.344. The molecule has 10 heteroatoms. The average Bonchev–Trinajstić information content (AvgIpc) is 2.96. The topological polar surface area (TPSA) is 104 Å². The van der Waals surface area contributed by atoms with Crippen LogP contribution in [0, 0.1) is 0 Å². The standard InChI is InChI=1S/C29H37N7O3/c1-20-28(37)30-10-11-35(2)19-23-16-21(4-7-27(23)38-3)25-8-9-31-29(34-25)33-24-5-6-26(22(17-24)18-32-20)36-12-14-39-15-13-36/h4-9,16-17,20,32H,10-15,18-19H2,1-3H3,(H,30,37)(H,31,33,34)/t20-/m0/s1. The van der Waals surface area contributed by atoms with E-state index in [2.05, 4.69) is 48.9 Å². The SMILES string of the molecule is COc1ccc2cc1CN(C)CCNC(=O)[C@H](C)NCc1cc(ccc1N1CCOCC1)Nc1nccc-2n1. The number of carbonyl (C=O) groups is 1. The first-order valence-electron chi connectivity index (χ1n) is 13.4. The fraction of sp³-hybridized carbons (Fsp3) is 0.414. The molecule has 3 aromatic rings. The highest BCUT2D eigenvalue weighted by Gasteiger charge is 2.18. The lowest BCUT2D eigenvalue weighted by molar-refractivity contribution is -0.122. The number of fused-ring (bicyclic) bond motifs is 7. The summed E-state index contributed by atoms with van der Waals surface area (Å²) in [5, 5.41) is 9.86. The third kappa shape index (κ3) is 6.65. The molecule has 0 unspecified atom stereocenters. The van der Waals surface area contributed by atoms with Gasteiger partial charge >= 0.3 is 0 Å². The summed E-state index contributed by atoms with van der Waals surface area (Å²) in [6, 6.07) is 13.9. The molecule has 6 bridgehead atoms. The number of benzene rings is 2. The van der Waals surface area contributed by atoms with Crippen LogP contribution in [-0.2, 0) is 22.6 Å². The number of anilines is 3. The van der Waals surface area contributed by atoms with Crippen LogP contribution in [0.15, 0.2) is 48.7 Å². The summed E-state index contributed by atoms with van der Waals surface area (Å²) in [5.41, 5.74) is 5.97. The van der Waals surface area contributed by atoms with Crippen molar-refractivity contribution >= 4 is 23.2 Å². The van der Waals surface area contributed by atoms with Crippen molar-refractivity contribution in [1.29, 1.82) is 0 Å². The maximum atomic E-state index is 12.8. The van der Waals surface area contributed by atoms with Crippen LogP contribution in [0.5, 0.6) is 5.75 Å². The van der Waals surface area contributed by atoms with Gasteiger partial charge in [-0.1, -0.05) is 0 Å². The number of hydrogen-bond acceptors (Lipinski definition) is 9. The molecule has 3 heterocycles. The lowest BCUT2D eigenvalue weighted by atomic mass is 10.1. The number of aromatic nitrogens is 2. The van der Waals surface area contributed by atoms with Crippen molar-refractivity contribution < 1.29 is 14.3 Å². The van der Waals surface area contributed by atoms with E-state index in [-0.39, 0.29) is 11.9 Å². The number of methoxy groups -OCH3 is 1. The Morgan fingerprint density at radius 1 is 1.05 bits per heavy atom. The van der Waals surface area contributed by atoms with Crippen molar-refractivity contribution in [2.45, 2.75) is 26.1 Å². The monoisotopic (exact) mass is 531 g/mol. The van der Waals surface area contributed by atoms with Crippen LogP contribution >= 0.6 is 0 Å². The predicted octanol–water partition coefficient (Wildman–Crippen LogP) is 2.77. The van der Waals surface area contributed by atoms with E-state index in [1.807, 2.05) is 38.2 Å². The van der Waals surface area contributed by atoms with Gasteiger partial charge < -0.3 is 35.2 Å². The van der Waals surface area contributed by atoms with Crippen LogP contribution in [0.2, 0.25) is 0 Å². The van der Waals surface area contributed by atoms with E-state index in [4.69, 9.17) is 14.5 Å². The normalized spacial score (nSPS) is 19.2. The van der Waals surface area contributed by atoms with E-state index in [1.165, 1.54) is 0 Å². The van der Waals surface area contributed by atoms with Gasteiger partial charge in [0.15, 0.2) is 0 Å². The smallest absolute Gasteiger partial charge is 0.236 e. The van der Waals surface area contributed by atoms with Gasteiger partial charge in [-0.15, -0.1) is 0 Å². The van der Waals surface area contributed by atoms with Crippen LogP contribution < -0.4 is 25.6 Å². The Bertz CT molecular complexity index is 1300. The van der Waals surface area contributed by atoms with Crippen LogP contribution in [-0.4, -0.2) is 80.4 Å². The summed E-state index contributed by atoms with van der Waals surface area (Å²) < 4.78 is 11.2. The molecule has 0 radical (unpaired) electrons. The van der Waals surface area contributed by atoms with Crippen molar-refractivity contribution in [1.82, 2.24) is 25.5 Å². The first-order valence-corrected chi connectivity index (χ1v) is 13.4. The minimum absolute atomic E-state index is 0.0208. The van der Waals surface area contributed by atoms with E-state index in [1.54, 1.807) is 13.3 Å². The zero-order valence-electron chi connectivity index (χ0n) is 22.9. The molecule has 3 N–H and O–H groups in total. The highest BCUT2D eigenvalue weighted by atomic mass is 16.5. The van der Waals surface area contributed by atoms with Gasteiger partial charge in [-0.3, -0.25) is 4.79 Å². The molecule has 1 fully saturated rings. The van der Waals surface area contributed by atoms with E-state index >= 15 is 0 Å². The Balaban J connectivity index is 1.50. The van der Waals surface area contributed by atoms with Crippen LogP contribution in [0.1, 0.15) is 18.1 Å². The molecule has 2 aliphatic rings. The molecule has 1 aromatic heterocycles. The van der Waals surface area contributed by atoms with E-state index in [0.29, 0.717) is 45.3 Å². The first kappa shape index (κ1) is 26.9. The van der Waals surface area contributed by atoms with Gasteiger partial charge in [0.25, 0.3) is 0 Å². The molecule has 0 saturated carbocycles. The second kappa shape index (κ2) is 12.4. The van der Waals surface area contributed by atoms with Gasteiger partial charge in [-0.25, -0.2) is 9.97 Å². The number of ether oxygens (including phenoxy) is 2. The van der Waals surface area contributed by atoms with Crippen molar-refractivity contribution in [3.05, 3.63) is 59.8 Å². The molecule has 206 valence electrons. The Morgan fingerprint density at radius 2 is 1.90 bits per heavy atom. The Morgan fingerprint density at radius 3 is 2.72 bits per heavy atom. The Labute approximate surface area is 229 Å². The van der Waals surface area contributed by atoms with Gasteiger partial charge in [0, 0.05) is 68.0 Å². The lowest BCUT2D eigenvalue weighted by Crippen LogP contribution is -2.44. The number of amides is 1. The zero-order chi connectivity index (χ0) is 27.2. The second-order valence-electron chi connectivity index (χ2n) is 9.99. The van der Waals surface area contributed by atoms with Gasteiger partial charge in [-0.05, 0) is 62.0 Å². The van der Waals surface area contributed by atoms with Crippen LogP contribution in [0.25, 0.3) is 11.3 Å². The third-order valence-electron chi connectivity index (χ3n) is 7.14. The quantitative estimate of drug-likeness (QED) is 0.461. The molecule has 2 aliphatic heterocycles. The number of carbonyl (C=O) groups excluding carboxylic acids is 1. The fourth-order valence-electron chi connectivity index (χ4n) is 4.94. The number of rotatable bonds is 2. The van der Waals surface area contributed by atoms with Gasteiger partial charge in [0.1, 0.15) is 5.75 Å². The van der Waals surface area contributed by atoms with E-state index in [9.17, 15) is 4.79 Å². The summed E-state index contributed by atoms with van der Waals surface area (Å²) in [7, 11) is 3.72. The maximum Gasteiger partial charge on any atom is 0.236 e.